The van der Waals surface area contributed by atoms with Crippen LogP contribution in [0.3, 0.4) is 0 Å². The number of hydrogen-bond acceptors (Lipinski definition) is 4. The van der Waals surface area contributed by atoms with Crippen molar-refractivity contribution in [1.82, 2.24) is 19.6 Å². The molecule has 0 saturated carbocycles. The van der Waals surface area contributed by atoms with E-state index in [-0.39, 0.29) is 12.1 Å². The van der Waals surface area contributed by atoms with Crippen LogP contribution in [0.1, 0.15) is 0 Å². The summed E-state index contributed by atoms with van der Waals surface area (Å²) < 4.78 is 15.7. The molecule has 18 heavy (non-hydrogen) atoms. The van der Waals surface area contributed by atoms with Gasteiger partial charge in [-0.2, -0.15) is 0 Å². The van der Waals surface area contributed by atoms with Gasteiger partial charge in [-0.15, -0.1) is 5.10 Å². The summed E-state index contributed by atoms with van der Waals surface area (Å²) in [6.45, 7) is -0.368. The normalized spacial score (nSPS) is 10.6. The van der Waals surface area contributed by atoms with Crippen LogP contribution in [0, 0.1) is 0 Å². The first-order chi connectivity index (χ1) is 8.60. The number of nitrogens with zero attached hydrogens (tertiary/aromatic N) is 4. The van der Waals surface area contributed by atoms with Gasteiger partial charge in [0.25, 0.3) is 5.56 Å². The van der Waals surface area contributed by atoms with Gasteiger partial charge in [0.1, 0.15) is 12.4 Å². The summed E-state index contributed by atoms with van der Waals surface area (Å²) in [5.74, 6) is 0.402. The monoisotopic (exact) mass is 315 g/mol. The third kappa shape index (κ3) is 2.76. The Hall–Kier alpha value is -1.70. The zero-order chi connectivity index (χ0) is 13.1. The molecule has 0 aliphatic rings. The quantitative estimate of drug-likeness (QED) is 0.927. The number of aryl methyl sites for hydroxylation is 2. The summed E-state index contributed by atoms with van der Waals surface area (Å²) in [4.78, 5) is 11.8. The van der Waals surface area contributed by atoms with Gasteiger partial charge in [-0.25, -0.2) is 9.07 Å². The molecule has 0 radical (unpaired) electrons. The summed E-state index contributed by atoms with van der Waals surface area (Å²) in [5, 5.41) is 10.4. The van der Waals surface area contributed by atoms with Gasteiger partial charge in [0.15, 0.2) is 5.82 Å². The predicted molar refractivity (Wildman–Crippen MR) is 68.7 cm³/mol. The fourth-order valence-electron chi connectivity index (χ4n) is 1.45. The molecule has 2 aromatic heterocycles. The SMILES string of the molecule is Cn1cc(Br)cc(Nc2cn(CCF)nn2)c1=O. The molecule has 2 aromatic rings. The van der Waals surface area contributed by atoms with Crippen molar-refractivity contribution in [3.05, 3.63) is 33.3 Å². The maximum absolute atomic E-state index is 12.1. The highest BCUT2D eigenvalue weighted by molar-refractivity contribution is 9.10. The molecule has 0 fully saturated rings. The van der Waals surface area contributed by atoms with Crippen LogP contribution in [0.2, 0.25) is 0 Å². The molecule has 96 valence electrons. The molecule has 0 spiro atoms. The molecular weight excluding hydrogens is 305 g/mol. The first-order valence-corrected chi connectivity index (χ1v) is 5.99. The number of alkyl halides is 1. The van der Waals surface area contributed by atoms with Crippen LogP contribution < -0.4 is 10.9 Å². The van der Waals surface area contributed by atoms with E-state index in [9.17, 15) is 9.18 Å². The van der Waals surface area contributed by atoms with E-state index in [0.29, 0.717) is 11.5 Å². The fourth-order valence-corrected chi connectivity index (χ4v) is 1.99. The highest BCUT2D eigenvalue weighted by Gasteiger charge is 2.06. The number of hydrogen-bond donors (Lipinski definition) is 1. The molecule has 0 atom stereocenters. The van der Waals surface area contributed by atoms with Crippen molar-refractivity contribution in [2.45, 2.75) is 6.54 Å². The number of anilines is 2. The van der Waals surface area contributed by atoms with E-state index in [1.54, 1.807) is 25.5 Å². The summed E-state index contributed by atoms with van der Waals surface area (Å²) in [6, 6.07) is 1.65. The van der Waals surface area contributed by atoms with E-state index in [2.05, 4.69) is 31.6 Å². The van der Waals surface area contributed by atoms with E-state index in [1.165, 1.54) is 9.25 Å². The third-order valence-electron chi connectivity index (χ3n) is 2.26. The van der Waals surface area contributed by atoms with E-state index in [4.69, 9.17) is 0 Å². The lowest BCUT2D eigenvalue weighted by atomic mass is 10.4. The van der Waals surface area contributed by atoms with Crippen LogP contribution in [-0.2, 0) is 13.6 Å². The van der Waals surface area contributed by atoms with Crippen molar-refractivity contribution in [3.8, 4) is 0 Å². The van der Waals surface area contributed by atoms with Crippen LogP contribution >= 0.6 is 15.9 Å². The van der Waals surface area contributed by atoms with E-state index >= 15 is 0 Å². The Morgan fingerprint density at radius 2 is 2.28 bits per heavy atom. The van der Waals surface area contributed by atoms with E-state index in [0.717, 1.165) is 4.47 Å². The molecule has 0 amide bonds. The molecule has 0 aromatic carbocycles. The van der Waals surface area contributed by atoms with Gasteiger partial charge in [-0.3, -0.25) is 4.79 Å². The molecule has 6 nitrogen and oxygen atoms in total. The molecule has 0 aliphatic carbocycles. The molecular formula is C10H11BrFN5O. The van der Waals surface area contributed by atoms with Gasteiger partial charge in [0, 0.05) is 17.7 Å². The van der Waals surface area contributed by atoms with Crippen molar-refractivity contribution in [1.29, 1.82) is 0 Å². The standard InChI is InChI=1S/C10H11BrFN5O/c1-16-5-7(11)4-8(10(16)18)13-9-6-17(3-2-12)15-14-9/h4-6,13H,2-3H2,1H3. The minimum absolute atomic E-state index is 0.144. The summed E-state index contributed by atoms with van der Waals surface area (Å²) in [7, 11) is 1.65. The average molecular weight is 316 g/mol. The first-order valence-electron chi connectivity index (χ1n) is 5.19. The summed E-state index contributed by atoms with van der Waals surface area (Å²) in [6.07, 6.45) is 3.20. The molecule has 0 unspecified atom stereocenters. The molecule has 8 heteroatoms. The Kier molecular flexibility index (Phi) is 3.75. The first kappa shape index (κ1) is 12.7. The highest BCUT2D eigenvalue weighted by Crippen LogP contribution is 2.14. The number of nitrogens with one attached hydrogen (secondary N) is 1. The van der Waals surface area contributed by atoms with Crippen LogP contribution in [0.5, 0.6) is 0 Å². The Morgan fingerprint density at radius 1 is 1.50 bits per heavy atom. The third-order valence-corrected chi connectivity index (χ3v) is 2.70. The molecule has 1 N–H and O–H groups in total. The Balaban J connectivity index is 2.25. The smallest absolute Gasteiger partial charge is 0.274 e. The number of aromatic nitrogens is 4. The van der Waals surface area contributed by atoms with Gasteiger partial charge >= 0.3 is 0 Å². The van der Waals surface area contributed by atoms with Gasteiger partial charge in [0.05, 0.1) is 12.7 Å². The summed E-state index contributed by atoms with van der Waals surface area (Å²) in [5.41, 5.74) is 0.192. The van der Waals surface area contributed by atoms with Gasteiger partial charge in [-0.05, 0) is 22.0 Å². The largest absolute Gasteiger partial charge is 0.333 e. The predicted octanol–water partition coefficient (Wildman–Crippen LogP) is 1.45. The Morgan fingerprint density at radius 3 is 3.00 bits per heavy atom. The molecule has 0 saturated heterocycles. The minimum atomic E-state index is -0.512. The fraction of sp³-hybridized carbons (Fsp3) is 0.300. The lowest BCUT2D eigenvalue weighted by molar-refractivity contribution is 0.422. The average Bonchev–Trinajstić information content (AvgIpc) is 2.73. The van der Waals surface area contributed by atoms with Crippen LogP contribution in [-0.4, -0.2) is 26.2 Å². The van der Waals surface area contributed by atoms with Crippen molar-refractivity contribution in [2.75, 3.05) is 12.0 Å². The molecule has 0 aliphatic heterocycles. The van der Waals surface area contributed by atoms with Crippen molar-refractivity contribution >= 4 is 27.4 Å². The number of rotatable bonds is 4. The Labute approximate surface area is 111 Å². The molecule has 2 rings (SSSR count). The van der Waals surface area contributed by atoms with Crippen molar-refractivity contribution in [2.24, 2.45) is 7.05 Å². The second kappa shape index (κ2) is 5.30. The van der Waals surface area contributed by atoms with E-state index < -0.39 is 6.67 Å². The van der Waals surface area contributed by atoms with Crippen LogP contribution in [0.25, 0.3) is 0 Å². The lowest BCUT2D eigenvalue weighted by Crippen LogP contribution is -2.19. The second-order valence-corrected chi connectivity index (χ2v) is 4.58. The molecule has 2 heterocycles. The highest BCUT2D eigenvalue weighted by atomic mass is 79.9. The summed E-state index contributed by atoms with van der Waals surface area (Å²) >= 11 is 3.30. The molecule has 0 bridgehead atoms. The van der Waals surface area contributed by atoms with Gasteiger partial charge in [-0.1, -0.05) is 5.21 Å². The van der Waals surface area contributed by atoms with Crippen LogP contribution in [0.4, 0.5) is 15.9 Å². The van der Waals surface area contributed by atoms with Crippen molar-refractivity contribution < 1.29 is 4.39 Å². The zero-order valence-electron chi connectivity index (χ0n) is 9.60. The maximum Gasteiger partial charge on any atom is 0.274 e. The topological polar surface area (TPSA) is 64.7 Å². The van der Waals surface area contributed by atoms with E-state index in [1.807, 2.05) is 0 Å². The number of pyridine rings is 1. The minimum Gasteiger partial charge on any atom is -0.333 e. The van der Waals surface area contributed by atoms with Gasteiger partial charge in [0.2, 0.25) is 0 Å². The zero-order valence-corrected chi connectivity index (χ0v) is 11.2. The Bertz CT molecular complexity index is 609. The van der Waals surface area contributed by atoms with Crippen LogP contribution in [0.15, 0.2) is 27.7 Å². The van der Waals surface area contributed by atoms with Gasteiger partial charge < -0.3 is 9.88 Å². The number of halogens is 2. The maximum atomic E-state index is 12.1. The van der Waals surface area contributed by atoms with Crippen molar-refractivity contribution in [3.63, 3.8) is 0 Å². The second-order valence-electron chi connectivity index (χ2n) is 3.67. The lowest BCUT2D eigenvalue weighted by Gasteiger charge is -2.05.